The van der Waals surface area contributed by atoms with Crippen molar-refractivity contribution in [3.63, 3.8) is 0 Å². The van der Waals surface area contributed by atoms with Gasteiger partial charge in [0.05, 0.1) is 18.3 Å². The molecule has 0 radical (unpaired) electrons. The molecule has 3 rings (SSSR count). The minimum atomic E-state index is -0.287. The highest BCUT2D eigenvalue weighted by Crippen LogP contribution is 2.30. The minimum absolute atomic E-state index is 0.287. The van der Waals surface area contributed by atoms with Crippen molar-refractivity contribution >= 4 is 0 Å². The predicted octanol–water partition coefficient (Wildman–Crippen LogP) is 1.70. The molecule has 1 aliphatic rings. The van der Waals surface area contributed by atoms with Crippen molar-refractivity contribution in [3.8, 4) is 0 Å². The Hall–Kier alpha value is -1.68. The van der Waals surface area contributed by atoms with Gasteiger partial charge in [-0.2, -0.15) is 0 Å². The molecular weight excluding hydrogens is 214 g/mol. The lowest BCUT2D eigenvalue weighted by molar-refractivity contribution is 0.155. The van der Waals surface area contributed by atoms with E-state index < -0.39 is 0 Å². The van der Waals surface area contributed by atoms with E-state index in [-0.39, 0.29) is 6.10 Å². The normalized spacial score (nSPS) is 19.0. The van der Waals surface area contributed by atoms with Crippen LogP contribution in [0.3, 0.4) is 0 Å². The number of hydrogen-bond donors (Lipinski definition) is 1. The Labute approximate surface area is 100.0 Å². The number of rotatable bonds is 2. The van der Waals surface area contributed by atoms with Crippen LogP contribution in [0.2, 0.25) is 0 Å². The third-order valence-corrected chi connectivity index (χ3v) is 3.34. The first-order chi connectivity index (χ1) is 8.34. The topological polar surface area (TPSA) is 50.9 Å². The lowest BCUT2D eigenvalue weighted by Crippen LogP contribution is -2.12. The molecule has 1 aliphatic carbocycles. The molecule has 0 aliphatic heterocycles. The second kappa shape index (κ2) is 4.30. The Morgan fingerprint density at radius 2 is 2.35 bits per heavy atom. The molecule has 1 atom stereocenters. The van der Waals surface area contributed by atoms with E-state index in [4.69, 9.17) is 0 Å². The van der Waals surface area contributed by atoms with Gasteiger partial charge in [0.25, 0.3) is 0 Å². The van der Waals surface area contributed by atoms with Gasteiger partial charge in [-0.3, -0.25) is 0 Å². The fraction of sp³-hybridized carbons (Fsp3) is 0.385. The van der Waals surface area contributed by atoms with Crippen molar-refractivity contribution in [2.45, 2.75) is 31.9 Å². The molecule has 2 aromatic rings. The first kappa shape index (κ1) is 10.5. The van der Waals surface area contributed by atoms with E-state index in [0.717, 1.165) is 37.1 Å². The zero-order valence-corrected chi connectivity index (χ0v) is 9.58. The number of aromatic nitrogens is 3. The fourth-order valence-corrected chi connectivity index (χ4v) is 2.47. The van der Waals surface area contributed by atoms with Crippen LogP contribution in [0.5, 0.6) is 0 Å². The Balaban J connectivity index is 1.90. The fourth-order valence-electron chi connectivity index (χ4n) is 2.47. The van der Waals surface area contributed by atoms with E-state index in [1.165, 1.54) is 5.69 Å². The maximum atomic E-state index is 9.90. The van der Waals surface area contributed by atoms with Crippen LogP contribution >= 0.6 is 0 Å². The Morgan fingerprint density at radius 1 is 1.41 bits per heavy atom. The maximum Gasteiger partial charge on any atom is 0.115 e. The molecule has 1 N–H and O–H groups in total. The summed E-state index contributed by atoms with van der Waals surface area (Å²) in [5, 5.41) is 9.90. The average Bonchev–Trinajstić information content (AvgIpc) is 2.76. The van der Waals surface area contributed by atoms with Crippen LogP contribution in [-0.4, -0.2) is 19.6 Å². The number of fused-ring (bicyclic) bond motifs is 1. The lowest BCUT2D eigenvalue weighted by atomic mass is 9.95. The third kappa shape index (κ3) is 1.96. The molecule has 0 bridgehead atoms. The van der Waals surface area contributed by atoms with E-state index in [9.17, 15) is 5.11 Å². The molecule has 0 spiro atoms. The van der Waals surface area contributed by atoms with Gasteiger partial charge in [0.2, 0.25) is 0 Å². The van der Waals surface area contributed by atoms with Crippen molar-refractivity contribution in [3.05, 3.63) is 47.8 Å². The van der Waals surface area contributed by atoms with Crippen molar-refractivity contribution < 1.29 is 5.11 Å². The quantitative estimate of drug-likeness (QED) is 0.852. The molecule has 2 heterocycles. The van der Waals surface area contributed by atoms with E-state index in [1.807, 2.05) is 18.3 Å². The monoisotopic (exact) mass is 229 g/mol. The molecule has 2 aromatic heterocycles. The second-order valence-electron chi connectivity index (χ2n) is 4.45. The molecule has 0 fully saturated rings. The summed E-state index contributed by atoms with van der Waals surface area (Å²) in [6.45, 7) is 0.755. The smallest absolute Gasteiger partial charge is 0.115 e. The number of hydrogen-bond acceptors (Lipinski definition) is 3. The molecule has 0 saturated heterocycles. The van der Waals surface area contributed by atoms with E-state index in [1.54, 1.807) is 12.5 Å². The summed E-state index contributed by atoms with van der Waals surface area (Å²) in [6, 6.07) is 3.95. The van der Waals surface area contributed by atoms with Gasteiger partial charge < -0.3 is 9.67 Å². The van der Waals surface area contributed by atoms with Gasteiger partial charge in [0.1, 0.15) is 6.33 Å². The van der Waals surface area contributed by atoms with Crippen LogP contribution in [-0.2, 0) is 13.0 Å². The maximum absolute atomic E-state index is 9.90. The Morgan fingerprint density at radius 3 is 3.18 bits per heavy atom. The van der Waals surface area contributed by atoms with Crippen LogP contribution in [0.25, 0.3) is 0 Å². The molecule has 0 saturated carbocycles. The highest BCUT2D eigenvalue weighted by molar-refractivity contribution is 5.28. The van der Waals surface area contributed by atoms with Gasteiger partial charge in [0, 0.05) is 23.7 Å². The Bertz CT molecular complexity index is 507. The molecule has 88 valence electrons. The summed E-state index contributed by atoms with van der Waals surface area (Å²) in [6.07, 6.45) is 8.07. The van der Waals surface area contributed by atoms with Gasteiger partial charge in [-0.15, -0.1) is 0 Å². The summed E-state index contributed by atoms with van der Waals surface area (Å²) in [5.41, 5.74) is 3.34. The lowest BCUT2D eigenvalue weighted by Gasteiger charge is -2.20. The zero-order valence-electron chi connectivity index (χ0n) is 9.58. The Kier molecular flexibility index (Phi) is 2.65. The van der Waals surface area contributed by atoms with Gasteiger partial charge in [0.15, 0.2) is 0 Å². The summed E-state index contributed by atoms with van der Waals surface area (Å²) in [5.74, 6) is 0. The van der Waals surface area contributed by atoms with Crippen LogP contribution in [0.4, 0.5) is 0 Å². The molecule has 0 aromatic carbocycles. The van der Waals surface area contributed by atoms with Crippen LogP contribution in [0.15, 0.2) is 30.9 Å². The van der Waals surface area contributed by atoms with Gasteiger partial charge >= 0.3 is 0 Å². The molecule has 4 nitrogen and oxygen atoms in total. The molecule has 4 heteroatoms. The van der Waals surface area contributed by atoms with E-state index >= 15 is 0 Å². The standard InChI is InChI=1S/C13H15N3O/c17-13-3-1-2-12-11(13)5-7-16(12)8-10-4-6-14-9-15-10/h4-7,9,13,17H,1-3,8H2. The van der Waals surface area contributed by atoms with Gasteiger partial charge in [-0.1, -0.05) is 0 Å². The van der Waals surface area contributed by atoms with Crippen LogP contribution in [0, 0.1) is 0 Å². The van der Waals surface area contributed by atoms with E-state index in [0.29, 0.717) is 0 Å². The molecule has 17 heavy (non-hydrogen) atoms. The van der Waals surface area contributed by atoms with Crippen LogP contribution in [0.1, 0.15) is 35.9 Å². The van der Waals surface area contributed by atoms with Gasteiger partial charge in [-0.25, -0.2) is 9.97 Å². The number of aliphatic hydroxyl groups is 1. The van der Waals surface area contributed by atoms with Crippen molar-refractivity contribution in [1.82, 2.24) is 14.5 Å². The number of aliphatic hydroxyl groups excluding tert-OH is 1. The summed E-state index contributed by atoms with van der Waals surface area (Å²) >= 11 is 0. The first-order valence-electron chi connectivity index (χ1n) is 5.95. The minimum Gasteiger partial charge on any atom is -0.388 e. The molecule has 0 amide bonds. The summed E-state index contributed by atoms with van der Waals surface area (Å²) in [4.78, 5) is 8.14. The third-order valence-electron chi connectivity index (χ3n) is 3.34. The largest absolute Gasteiger partial charge is 0.388 e. The second-order valence-corrected chi connectivity index (χ2v) is 4.45. The predicted molar refractivity (Wildman–Crippen MR) is 63.5 cm³/mol. The SMILES string of the molecule is OC1CCCc2c1ccn2Cc1ccncn1. The van der Waals surface area contributed by atoms with Crippen molar-refractivity contribution in [2.24, 2.45) is 0 Å². The summed E-state index contributed by atoms with van der Waals surface area (Å²) in [7, 11) is 0. The highest BCUT2D eigenvalue weighted by Gasteiger charge is 2.20. The summed E-state index contributed by atoms with van der Waals surface area (Å²) < 4.78 is 2.18. The van der Waals surface area contributed by atoms with Crippen LogP contribution < -0.4 is 0 Å². The van der Waals surface area contributed by atoms with Gasteiger partial charge in [-0.05, 0) is 31.4 Å². The van der Waals surface area contributed by atoms with Crippen molar-refractivity contribution in [1.29, 1.82) is 0 Å². The first-order valence-corrected chi connectivity index (χ1v) is 5.95. The average molecular weight is 229 g/mol. The molecular formula is C13H15N3O. The van der Waals surface area contributed by atoms with E-state index in [2.05, 4.69) is 14.5 Å². The number of nitrogens with zero attached hydrogens (tertiary/aromatic N) is 3. The zero-order chi connectivity index (χ0) is 11.7. The highest BCUT2D eigenvalue weighted by atomic mass is 16.3. The van der Waals surface area contributed by atoms with Crippen molar-refractivity contribution in [2.75, 3.05) is 0 Å². The molecule has 1 unspecified atom stereocenters.